The second-order valence-corrected chi connectivity index (χ2v) is 3.89. The zero-order chi connectivity index (χ0) is 11.4. The Labute approximate surface area is 99.5 Å². The summed E-state index contributed by atoms with van der Waals surface area (Å²) >= 11 is 5.78. The Kier molecular flexibility index (Phi) is 3.37. The Hall–Kier alpha value is -1.61. The molecule has 2 aromatic rings. The van der Waals surface area contributed by atoms with Crippen LogP contribution < -0.4 is 5.32 Å². The van der Waals surface area contributed by atoms with Crippen LogP contribution in [0.4, 0.5) is 5.82 Å². The Morgan fingerprint density at radius 3 is 2.62 bits per heavy atom. The van der Waals surface area contributed by atoms with E-state index in [1.165, 1.54) is 11.9 Å². The summed E-state index contributed by atoms with van der Waals surface area (Å²) in [6, 6.07) is 12.1. The number of anilines is 1. The maximum atomic E-state index is 5.78. The molecule has 4 heteroatoms. The lowest BCUT2D eigenvalue weighted by atomic mass is 10.1. The molecular weight excluding hydrogens is 222 g/mol. The van der Waals surface area contributed by atoms with Crippen molar-refractivity contribution in [2.45, 2.75) is 13.0 Å². The van der Waals surface area contributed by atoms with Gasteiger partial charge in [-0.2, -0.15) is 0 Å². The van der Waals surface area contributed by atoms with Gasteiger partial charge in [-0.3, -0.25) is 0 Å². The highest BCUT2D eigenvalue weighted by Gasteiger charge is 2.05. The number of hydrogen-bond donors (Lipinski definition) is 1. The van der Waals surface area contributed by atoms with Crippen LogP contribution >= 0.6 is 11.6 Å². The molecular formula is C12H12ClN3. The van der Waals surface area contributed by atoms with Gasteiger partial charge in [-0.1, -0.05) is 41.9 Å². The average molecular weight is 234 g/mol. The highest BCUT2D eigenvalue weighted by molar-refractivity contribution is 6.29. The van der Waals surface area contributed by atoms with Gasteiger partial charge >= 0.3 is 0 Å². The molecule has 1 N–H and O–H groups in total. The Morgan fingerprint density at radius 2 is 1.94 bits per heavy atom. The SMILES string of the molecule is CC(Nc1cc(Cl)ncn1)c1ccccc1. The molecule has 1 aromatic carbocycles. The Balaban J connectivity index is 2.11. The third-order valence-corrected chi connectivity index (χ3v) is 2.50. The van der Waals surface area contributed by atoms with Crippen LogP contribution in [0.5, 0.6) is 0 Å². The van der Waals surface area contributed by atoms with Crippen molar-refractivity contribution in [1.82, 2.24) is 9.97 Å². The van der Waals surface area contributed by atoms with Gasteiger partial charge in [0, 0.05) is 12.1 Å². The summed E-state index contributed by atoms with van der Waals surface area (Å²) in [5, 5.41) is 3.71. The summed E-state index contributed by atoms with van der Waals surface area (Å²) in [4.78, 5) is 7.93. The molecule has 0 bridgehead atoms. The van der Waals surface area contributed by atoms with Gasteiger partial charge in [0.25, 0.3) is 0 Å². The first-order valence-corrected chi connectivity index (χ1v) is 5.42. The fraction of sp³-hybridized carbons (Fsp3) is 0.167. The van der Waals surface area contributed by atoms with E-state index in [0.717, 1.165) is 5.82 Å². The zero-order valence-electron chi connectivity index (χ0n) is 8.89. The molecule has 3 nitrogen and oxygen atoms in total. The standard InChI is InChI=1S/C12H12ClN3/c1-9(10-5-3-2-4-6-10)16-12-7-11(13)14-8-15-12/h2-9H,1H3,(H,14,15,16). The molecule has 1 heterocycles. The normalized spacial score (nSPS) is 12.1. The third-order valence-electron chi connectivity index (χ3n) is 2.30. The minimum Gasteiger partial charge on any atom is -0.363 e. The summed E-state index contributed by atoms with van der Waals surface area (Å²) in [6.07, 6.45) is 1.45. The van der Waals surface area contributed by atoms with E-state index < -0.39 is 0 Å². The first-order chi connectivity index (χ1) is 7.75. The number of halogens is 1. The van der Waals surface area contributed by atoms with E-state index in [2.05, 4.69) is 34.3 Å². The number of rotatable bonds is 3. The smallest absolute Gasteiger partial charge is 0.134 e. The second kappa shape index (κ2) is 4.94. The maximum absolute atomic E-state index is 5.78. The third kappa shape index (κ3) is 2.70. The Morgan fingerprint density at radius 1 is 1.19 bits per heavy atom. The summed E-state index contributed by atoms with van der Waals surface area (Å²) in [6.45, 7) is 2.07. The van der Waals surface area contributed by atoms with Gasteiger partial charge in [0.05, 0.1) is 0 Å². The van der Waals surface area contributed by atoms with Gasteiger partial charge in [0.1, 0.15) is 17.3 Å². The van der Waals surface area contributed by atoms with Crippen LogP contribution in [-0.4, -0.2) is 9.97 Å². The highest BCUT2D eigenvalue weighted by Crippen LogP contribution is 2.18. The quantitative estimate of drug-likeness (QED) is 0.827. The lowest BCUT2D eigenvalue weighted by Gasteiger charge is -2.14. The van der Waals surface area contributed by atoms with E-state index in [1.807, 2.05) is 18.2 Å². The number of hydrogen-bond acceptors (Lipinski definition) is 3. The molecule has 0 amide bonds. The molecule has 0 saturated heterocycles. The molecule has 1 aromatic heterocycles. The van der Waals surface area contributed by atoms with Crippen LogP contribution in [-0.2, 0) is 0 Å². The fourth-order valence-electron chi connectivity index (χ4n) is 1.46. The predicted octanol–water partition coefficient (Wildman–Crippen LogP) is 3.30. The average Bonchev–Trinajstić information content (AvgIpc) is 2.30. The first kappa shape index (κ1) is 10.9. The minimum atomic E-state index is 0.187. The van der Waals surface area contributed by atoms with E-state index in [1.54, 1.807) is 6.07 Å². The van der Waals surface area contributed by atoms with Crippen molar-refractivity contribution in [3.05, 3.63) is 53.4 Å². The van der Waals surface area contributed by atoms with Crippen molar-refractivity contribution in [1.29, 1.82) is 0 Å². The first-order valence-electron chi connectivity index (χ1n) is 5.05. The molecule has 0 aliphatic heterocycles. The van der Waals surface area contributed by atoms with E-state index in [9.17, 15) is 0 Å². The molecule has 0 saturated carbocycles. The second-order valence-electron chi connectivity index (χ2n) is 3.50. The molecule has 82 valence electrons. The van der Waals surface area contributed by atoms with Crippen molar-refractivity contribution in [3.63, 3.8) is 0 Å². The predicted molar refractivity (Wildman–Crippen MR) is 65.5 cm³/mol. The monoisotopic (exact) mass is 233 g/mol. The van der Waals surface area contributed by atoms with E-state index in [-0.39, 0.29) is 6.04 Å². The molecule has 2 rings (SSSR count). The summed E-state index contributed by atoms with van der Waals surface area (Å²) in [5.74, 6) is 0.733. The summed E-state index contributed by atoms with van der Waals surface area (Å²) in [5.41, 5.74) is 1.21. The zero-order valence-corrected chi connectivity index (χ0v) is 9.65. The number of nitrogens with one attached hydrogen (secondary N) is 1. The van der Waals surface area contributed by atoms with Crippen LogP contribution in [0.25, 0.3) is 0 Å². The largest absolute Gasteiger partial charge is 0.363 e. The Bertz CT molecular complexity index is 459. The van der Waals surface area contributed by atoms with Crippen LogP contribution in [0.2, 0.25) is 5.15 Å². The summed E-state index contributed by atoms with van der Waals surface area (Å²) in [7, 11) is 0. The highest BCUT2D eigenvalue weighted by atomic mass is 35.5. The molecule has 0 aliphatic carbocycles. The minimum absolute atomic E-state index is 0.187. The van der Waals surface area contributed by atoms with E-state index in [4.69, 9.17) is 11.6 Å². The van der Waals surface area contributed by atoms with Gasteiger partial charge in [-0.25, -0.2) is 9.97 Å². The van der Waals surface area contributed by atoms with Crippen molar-refractivity contribution in [3.8, 4) is 0 Å². The molecule has 1 unspecified atom stereocenters. The van der Waals surface area contributed by atoms with Crippen LogP contribution in [0.15, 0.2) is 42.7 Å². The lowest BCUT2D eigenvalue weighted by molar-refractivity contribution is 0.872. The lowest BCUT2D eigenvalue weighted by Crippen LogP contribution is -2.07. The van der Waals surface area contributed by atoms with Gasteiger partial charge in [-0.05, 0) is 12.5 Å². The van der Waals surface area contributed by atoms with Gasteiger partial charge < -0.3 is 5.32 Å². The van der Waals surface area contributed by atoms with Crippen molar-refractivity contribution >= 4 is 17.4 Å². The van der Waals surface area contributed by atoms with Crippen molar-refractivity contribution < 1.29 is 0 Å². The van der Waals surface area contributed by atoms with E-state index >= 15 is 0 Å². The van der Waals surface area contributed by atoms with E-state index in [0.29, 0.717) is 5.15 Å². The van der Waals surface area contributed by atoms with Crippen molar-refractivity contribution in [2.75, 3.05) is 5.32 Å². The molecule has 0 fully saturated rings. The molecule has 0 spiro atoms. The molecule has 16 heavy (non-hydrogen) atoms. The van der Waals surface area contributed by atoms with Gasteiger partial charge in [0.2, 0.25) is 0 Å². The van der Waals surface area contributed by atoms with Crippen LogP contribution in [0, 0.1) is 0 Å². The van der Waals surface area contributed by atoms with Gasteiger partial charge in [-0.15, -0.1) is 0 Å². The van der Waals surface area contributed by atoms with Crippen LogP contribution in [0.1, 0.15) is 18.5 Å². The van der Waals surface area contributed by atoms with Crippen molar-refractivity contribution in [2.24, 2.45) is 0 Å². The topological polar surface area (TPSA) is 37.8 Å². The maximum Gasteiger partial charge on any atom is 0.134 e. The fourth-order valence-corrected chi connectivity index (χ4v) is 1.61. The number of benzene rings is 1. The summed E-state index contributed by atoms with van der Waals surface area (Å²) < 4.78 is 0. The number of nitrogens with zero attached hydrogens (tertiary/aromatic N) is 2. The van der Waals surface area contributed by atoms with Gasteiger partial charge in [0.15, 0.2) is 0 Å². The molecule has 0 aliphatic rings. The number of aromatic nitrogens is 2. The van der Waals surface area contributed by atoms with Crippen LogP contribution in [0.3, 0.4) is 0 Å². The molecule has 1 atom stereocenters. The molecule has 0 radical (unpaired) electrons.